The molecule has 94 valence electrons. The highest BCUT2D eigenvalue weighted by Crippen LogP contribution is 2.13. The van der Waals surface area contributed by atoms with E-state index in [4.69, 9.17) is 0 Å². The van der Waals surface area contributed by atoms with Crippen LogP contribution in [0.2, 0.25) is 0 Å². The summed E-state index contributed by atoms with van der Waals surface area (Å²) in [6.45, 7) is -0.186. The minimum atomic E-state index is -1.35. The highest BCUT2D eigenvalue weighted by atomic mass is 79.9. The lowest BCUT2D eigenvalue weighted by atomic mass is 10.3. The van der Waals surface area contributed by atoms with E-state index in [1.54, 1.807) is 23.9 Å². The van der Waals surface area contributed by atoms with Crippen molar-refractivity contribution < 1.29 is 19.4 Å². The van der Waals surface area contributed by atoms with Gasteiger partial charge in [0.1, 0.15) is 5.69 Å². The van der Waals surface area contributed by atoms with Crippen molar-refractivity contribution in [1.82, 2.24) is 9.88 Å². The normalized spacial score (nSPS) is 12.0. The monoisotopic (exact) mass is 304 g/mol. The number of nitrogens with zero attached hydrogens (tertiary/aromatic N) is 1. The third-order valence-electron chi connectivity index (χ3n) is 2.13. The topological polar surface area (TPSA) is 80.6 Å². The molecule has 7 heteroatoms. The van der Waals surface area contributed by atoms with Gasteiger partial charge < -0.3 is 19.7 Å². The summed E-state index contributed by atoms with van der Waals surface area (Å²) in [5, 5.41) is 11.7. The number of amides is 1. The van der Waals surface area contributed by atoms with Gasteiger partial charge in [0.05, 0.1) is 13.7 Å². The number of halogens is 1. The predicted octanol–water partition coefficient (Wildman–Crippen LogP) is 0.0513. The van der Waals surface area contributed by atoms with Crippen molar-refractivity contribution >= 4 is 27.8 Å². The quantitative estimate of drug-likeness (QED) is 0.770. The Morgan fingerprint density at radius 1 is 1.65 bits per heavy atom. The van der Waals surface area contributed by atoms with Gasteiger partial charge in [0, 0.05) is 17.7 Å². The second-order valence-electron chi connectivity index (χ2n) is 3.40. The van der Waals surface area contributed by atoms with Crippen molar-refractivity contribution in [1.29, 1.82) is 0 Å². The van der Waals surface area contributed by atoms with E-state index < -0.39 is 12.1 Å². The van der Waals surface area contributed by atoms with Crippen molar-refractivity contribution in [3.05, 3.63) is 22.4 Å². The van der Waals surface area contributed by atoms with Crippen molar-refractivity contribution in [3.63, 3.8) is 0 Å². The van der Waals surface area contributed by atoms with Crippen LogP contribution in [0.25, 0.3) is 0 Å². The van der Waals surface area contributed by atoms with Gasteiger partial charge in [-0.1, -0.05) is 0 Å². The molecule has 1 amide bonds. The van der Waals surface area contributed by atoms with Crippen LogP contribution in [0.3, 0.4) is 0 Å². The number of hydrogen-bond donors (Lipinski definition) is 2. The van der Waals surface area contributed by atoms with Gasteiger partial charge in [0.2, 0.25) is 0 Å². The Morgan fingerprint density at radius 2 is 2.29 bits per heavy atom. The summed E-state index contributed by atoms with van der Waals surface area (Å²) in [6, 6.07) is 1.64. The second-order valence-corrected chi connectivity index (χ2v) is 4.32. The van der Waals surface area contributed by atoms with Crippen LogP contribution in [0.4, 0.5) is 0 Å². The average molecular weight is 305 g/mol. The van der Waals surface area contributed by atoms with Gasteiger partial charge in [-0.05, 0) is 22.0 Å². The largest absolute Gasteiger partial charge is 0.467 e. The lowest BCUT2D eigenvalue weighted by Crippen LogP contribution is -2.37. The SMILES string of the molecule is COC(=O)C(O)CNC(=O)c1cc(Br)cn1C. The average Bonchev–Trinajstić information content (AvgIpc) is 2.63. The zero-order valence-electron chi connectivity index (χ0n) is 9.44. The minimum Gasteiger partial charge on any atom is -0.467 e. The van der Waals surface area contributed by atoms with E-state index in [9.17, 15) is 14.7 Å². The fourth-order valence-corrected chi connectivity index (χ4v) is 1.77. The van der Waals surface area contributed by atoms with Gasteiger partial charge >= 0.3 is 5.97 Å². The number of aromatic nitrogens is 1. The second kappa shape index (κ2) is 5.83. The standard InChI is InChI=1S/C10H13BrN2O4/c1-13-5-6(11)3-7(13)9(15)12-4-8(14)10(16)17-2/h3,5,8,14H,4H2,1-2H3,(H,12,15). The molecule has 0 saturated heterocycles. The molecule has 0 bridgehead atoms. The molecule has 0 aromatic carbocycles. The Labute approximate surface area is 107 Å². The molecule has 0 fully saturated rings. The van der Waals surface area contributed by atoms with Gasteiger partial charge in [-0.25, -0.2) is 4.79 Å². The summed E-state index contributed by atoms with van der Waals surface area (Å²) in [6.07, 6.45) is 0.374. The summed E-state index contributed by atoms with van der Waals surface area (Å²) in [7, 11) is 2.89. The molecule has 0 aliphatic carbocycles. The number of methoxy groups -OCH3 is 1. The van der Waals surface area contributed by atoms with E-state index in [1.807, 2.05) is 0 Å². The lowest BCUT2D eigenvalue weighted by molar-refractivity contribution is -0.149. The summed E-state index contributed by atoms with van der Waals surface area (Å²) in [5.74, 6) is -1.15. The van der Waals surface area contributed by atoms with E-state index in [2.05, 4.69) is 26.0 Å². The number of carbonyl (C=O) groups excluding carboxylic acids is 2. The summed E-state index contributed by atoms with van der Waals surface area (Å²) < 4.78 is 6.73. The lowest BCUT2D eigenvalue weighted by Gasteiger charge is -2.09. The molecule has 1 aromatic rings. The van der Waals surface area contributed by atoms with Crippen LogP contribution in [0, 0.1) is 0 Å². The molecule has 0 aliphatic heterocycles. The molecule has 17 heavy (non-hydrogen) atoms. The molecule has 0 saturated carbocycles. The number of ether oxygens (including phenoxy) is 1. The fourth-order valence-electron chi connectivity index (χ4n) is 1.25. The van der Waals surface area contributed by atoms with Crippen molar-refractivity contribution in [2.75, 3.05) is 13.7 Å². The Balaban J connectivity index is 2.56. The van der Waals surface area contributed by atoms with Gasteiger partial charge in [0.25, 0.3) is 5.91 Å². The first kappa shape index (κ1) is 13.7. The Bertz CT molecular complexity index is 430. The number of aliphatic hydroxyl groups is 1. The molecule has 1 aromatic heterocycles. The molecule has 1 rings (SSSR count). The number of aryl methyl sites for hydroxylation is 1. The van der Waals surface area contributed by atoms with Crippen molar-refractivity contribution in [3.8, 4) is 0 Å². The summed E-state index contributed by atoms with van der Waals surface area (Å²) >= 11 is 3.24. The zero-order chi connectivity index (χ0) is 13.0. The first-order chi connectivity index (χ1) is 7.95. The molecular weight excluding hydrogens is 292 g/mol. The summed E-state index contributed by atoms with van der Waals surface area (Å²) in [5.41, 5.74) is 0.425. The van der Waals surface area contributed by atoms with E-state index in [-0.39, 0.29) is 12.5 Å². The first-order valence-electron chi connectivity index (χ1n) is 4.81. The van der Waals surface area contributed by atoms with E-state index in [0.717, 1.165) is 4.47 Å². The van der Waals surface area contributed by atoms with Crippen LogP contribution in [-0.2, 0) is 16.6 Å². The van der Waals surface area contributed by atoms with Crippen LogP contribution < -0.4 is 5.32 Å². The maximum absolute atomic E-state index is 11.7. The van der Waals surface area contributed by atoms with Crippen molar-refractivity contribution in [2.45, 2.75) is 6.10 Å². The number of nitrogens with one attached hydrogen (secondary N) is 1. The van der Waals surface area contributed by atoms with Gasteiger partial charge in [0.15, 0.2) is 6.10 Å². The van der Waals surface area contributed by atoms with Gasteiger partial charge in [-0.2, -0.15) is 0 Å². The molecular formula is C10H13BrN2O4. The maximum atomic E-state index is 11.7. The molecule has 2 N–H and O–H groups in total. The fraction of sp³-hybridized carbons (Fsp3) is 0.400. The minimum absolute atomic E-state index is 0.186. The van der Waals surface area contributed by atoms with E-state index in [0.29, 0.717) is 5.69 Å². The van der Waals surface area contributed by atoms with Gasteiger partial charge in [-0.3, -0.25) is 4.79 Å². The Hall–Kier alpha value is -1.34. The third-order valence-corrected chi connectivity index (χ3v) is 2.57. The van der Waals surface area contributed by atoms with Crippen molar-refractivity contribution in [2.24, 2.45) is 7.05 Å². The highest BCUT2D eigenvalue weighted by molar-refractivity contribution is 9.10. The first-order valence-corrected chi connectivity index (χ1v) is 5.61. The van der Waals surface area contributed by atoms with E-state index >= 15 is 0 Å². The zero-order valence-corrected chi connectivity index (χ0v) is 11.0. The molecule has 0 spiro atoms. The maximum Gasteiger partial charge on any atom is 0.336 e. The van der Waals surface area contributed by atoms with E-state index in [1.165, 1.54) is 7.11 Å². The molecule has 1 unspecified atom stereocenters. The highest BCUT2D eigenvalue weighted by Gasteiger charge is 2.17. The number of carbonyl (C=O) groups is 2. The Kier molecular flexibility index (Phi) is 4.71. The summed E-state index contributed by atoms with van der Waals surface area (Å²) in [4.78, 5) is 22.6. The molecule has 1 atom stereocenters. The van der Waals surface area contributed by atoms with Crippen LogP contribution in [-0.4, -0.2) is 41.3 Å². The molecule has 0 aliphatic rings. The number of aliphatic hydroxyl groups excluding tert-OH is 1. The predicted molar refractivity (Wildman–Crippen MR) is 63.5 cm³/mol. The molecule has 0 radical (unpaired) electrons. The van der Waals surface area contributed by atoms with Crippen LogP contribution in [0.15, 0.2) is 16.7 Å². The number of hydrogen-bond acceptors (Lipinski definition) is 4. The molecule has 6 nitrogen and oxygen atoms in total. The van der Waals surface area contributed by atoms with Crippen LogP contribution in [0.5, 0.6) is 0 Å². The number of rotatable bonds is 4. The van der Waals surface area contributed by atoms with Crippen LogP contribution in [0.1, 0.15) is 10.5 Å². The third kappa shape index (κ3) is 3.57. The smallest absolute Gasteiger partial charge is 0.336 e. The molecule has 1 heterocycles. The number of esters is 1. The van der Waals surface area contributed by atoms with Gasteiger partial charge in [-0.15, -0.1) is 0 Å². The van der Waals surface area contributed by atoms with Crippen LogP contribution >= 0.6 is 15.9 Å². The Morgan fingerprint density at radius 3 is 2.76 bits per heavy atom.